The third-order valence-corrected chi connectivity index (χ3v) is 5.25. The third kappa shape index (κ3) is 4.56. The molecule has 0 saturated carbocycles. The molecule has 0 aliphatic rings. The minimum atomic E-state index is -0.192. The Bertz CT molecular complexity index is 521. The second-order valence-electron chi connectivity index (χ2n) is 4.45. The molecule has 1 aromatic carbocycles. The van der Waals surface area contributed by atoms with Gasteiger partial charge in [0.25, 0.3) is 0 Å². The molecule has 2 aromatic rings. The molecule has 0 amide bonds. The summed E-state index contributed by atoms with van der Waals surface area (Å²) in [5.41, 5.74) is 1.13. The maximum atomic E-state index is 12.8. The maximum Gasteiger partial charge on any atom is 0.123 e. The Morgan fingerprint density at radius 1 is 1.37 bits per heavy atom. The van der Waals surface area contributed by atoms with Crippen molar-refractivity contribution in [1.29, 1.82) is 0 Å². The average molecular weight is 363 g/mol. The minimum absolute atomic E-state index is 0.192. The lowest BCUT2D eigenvalue weighted by molar-refractivity contribution is 0.548. The van der Waals surface area contributed by atoms with Gasteiger partial charge in [0.2, 0.25) is 0 Å². The highest BCUT2D eigenvalue weighted by atomic mass is 79.9. The van der Waals surface area contributed by atoms with Crippen molar-refractivity contribution >= 4 is 38.9 Å². The van der Waals surface area contributed by atoms with E-state index in [0.717, 1.165) is 27.3 Å². The minimum Gasteiger partial charge on any atom is -0.309 e. The van der Waals surface area contributed by atoms with Crippen LogP contribution in [0.2, 0.25) is 4.34 Å². The molecule has 102 valence electrons. The molecule has 19 heavy (non-hydrogen) atoms. The predicted molar refractivity (Wildman–Crippen MR) is 83.4 cm³/mol. The predicted octanol–water partition coefficient (Wildman–Crippen LogP) is 5.02. The van der Waals surface area contributed by atoms with Crippen molar-refractivity contribution in [2.75, 3.05) is 0 Å². The molecule has 1 N–H and O–H groups in total. The van der Waals surface area contributed by atoms with Crippen LogP contribution in [-0.2, 0) is 13.0 Å². The lowest BCUT2D eigenvalue weighted by atomic mass is 10.1. The Labute approximate surface area is 129 Å². The van der Waals surface area contributed by atoms with E-state index in [2.05, 4.69) is 28.2 Å². The molecule has 0 aliphatic carbocycles. The van der Waals surface area contributed by atoms with Crippen molar-refractivity contribution in [3.05, 3.63) is 55.4 Å². The van der Waals surface area contributed by atoms with Gasteiger partial charge in [-0.05, 0) is 53.0 Å². The summed E-state index contributed by atoms with van der Waals surface area (Å²) in [5.74, 6) is -0.192. The highest BCUT2D eigenvalue weighted by Gasteiger charge is 2.07. The summed E-state index contributed by atoms with van der Waals surface area (Å²) in [6, 6.07) is 9.00. The first-order valence-corrected chi connectivity index (χ1v) is 7.95. The van der Waals surface area contributed by atoms with Gasteiger partial charge in [-0.3, -0.25) is 0 Å². The number of benzene rings is 1. The molecule has 0 saturated heterocycles. The fraction of sp³-hybridized carbons (Fsp3) is 0.286. The van der Waals surface area contributed by atoms with Crippen LogP contribution in [0.3, 0.4) is 0 Å². The van der Waals surface area contributed by atoms with E-state index in [4.69, 9.17) is 11.6 Å². The molecule has 1 atom stereocenters. The summed E-state index contributed by atoms with van der Waals surface area (Å²) in [6.07, 6.45) is 0.876. The molecule has 0 bridgehead atoms. The zero-order valence-corrected chi connectivity index (χ0v) is 13.6. The Kier molecular flexibility index (Phi) is 5.39. The summed E-state index contributed by atoms with van der Waals surface area (Å²) in [6.45, 7) is 2.91. The molecule has 1 nitrogen and oxygen atoms in total. The number of halogens is 3. The summed E-state index contributed by atoms with van der Waals surface area (Å²) >= 11 is 11.0. The standard InChI is InChI=1S/C14H14BrClFNS/c1-9(6-10-2-4-11(17)5-3-10)18-8-12-7-13(15)14(16)19-12/h2-5,7,9,18H,6,8H2,1H3. The molecular weight excluding hydrogens is 349 g/mol. The molecule has 0 radical (unpaired) electrons. The Balaban J connectivity index is 1.84. The summed E-state index contributed by atoms with van der Waals surface area (Å²) < 4.78 is 14.5. The highest BCUT2D eigenvalue weighted by molar-refractivity contribution is 9.10. The van der Waals surface area contributed by atoms with Crippen molar-refractivity contribution in [1.82, 2.24) is 5.32 Å². The monoisotopic (exact) mass is 361 g/mol. The van der Waals surface area contributed by atoms with Gasteiger partial charge in [-0.2, -0.15) is 0 Å². The third-order valence-electron chi connectivity index (χ3n) is 2.78. The van der Waals surface area contributed by atoms with Gasteiger partial charge >= 0.3 is 0 Å². The highest BCUT2D eigenvalue weighted by Crippen LogP contribution is 2.31. The molecule has 1 aromatic heterocycles. The van der Waals surface area contributed by atoms with E-state index in [1.807, 2.05) is 18.2 Å². The smallest absolute Gasteiger partial charge is 0.123 e. The molecular formula is C14H14BrClFNS. The van der Waals surface area contributed by atoms with Gasteiger partial charge in [-0.1, -0.05) is 23.7 Å². The lowest BCUT2D eigenvalue weighted by Crippen LogP contribution is -2.27. The number of rotatable bonds is 5. The van der Waals surface area contributed by atoms with E-state index in [1.54, 1.807) is 11.3 Å². The lowest BCUT2D eigenvalue weighted by Gasteiger charge is -2.13. The average Bonchev–Trinajstić information content (AvgIpc) is 2.69. The SMILES string of the molecule is CC(Cc1ccc(F)cc1)NCc1cc(Br)c(Cl)s1. The molecule has 5 heteroatoms. The summed E-state index contributed by atoms with van der Waals surface area (Å²) in [5, 5.41) is 3.44. The van der Waals surface area contributed by atoms with E-state index in [-0.39, 0.29) is 5.82 Å². The van der Waals surface area contributed by atoms with Gasteiger partial charge < -0.3 is 5.32 Å². The zero-order chi connectivity index (χ0) is 13.8. The van der Waals surface area contributed by atoms with Gasteiger partial charge in [0.05, 0.1) is 0 Å². The normalized spacial score (nSPS) is 12.6. The van der Waals surface area contributed by atoms with Crippen LogP contribution in [0.4, 0.5) is 4.39 Å². The van der Waals surface area contributed by atoms with E-state index in [0.29, 0.717) is 6.04 Å². The first-order chi connectivity index (χ1) is 9.04. The number of hydrogen-bond donors (Lipinski definition) is 1. The second-order valence-corrected chi connectivity index (χ2v) is 7.04. The largest absolute Gasteiger partial charge is 0.309 e. The zero-order valence-electron chi connectivity index (χ0n) is 10.4. The van der Waals surface area contributed by atoms with Crippen LogP contribution in [0.5, 0.6) is 0 Å². The molecule has 1 unspecified atom stereocenters. The van der Waals surface area contributed by atoms with Crippen molar-refractivity contribution in [2.24, 2.45) is 0 Å². The first kappa shape index (κ1) is 15.0. The molecule has 2 rings (SSSR count). The van der Waals surface area contributed by atoms with Gasteiger partial charge in [-0.25, -0.2) is 4.39 Å². The van der Waals surface area contributed by atoms with E-state index >= 15 is 0 Å². The fourth-order valence-electron chi connectivity index (χ4n) is 1.80. The van der Waals surface area contributed by atoms with Crippen LogP contribution in [0.1, 0.15) is 17.4 Å². The Hall–Kier alpha value is -0.420. The molecule has 0 spiro atoms. The first-order valence-electron chi connectivity index (χ1n) is 5.96. The quantitative estimate of drug-likeness (QED) is 0.787. The fourth-order valence-corrected chi connectivity index (χ4v) is 3.54. The van der Waals surface area contributed by atoms with Crippen molar-refractivity contribution in [3.63, 3.8) is 0 Å². The molecule has 0 fully saturated rings. The van der Waals surface area contributed by atoms with Crippen LogP contribution in [-0.4, -0.2) is 6.04 Å². The van der Waals surface area contributed by atoms with Crippen LogP contribution >= 0.6 is 38.9 Å². The number of thiophene rings is 1. The van der Waals surface area contributed by atoms with Crippen molar-refractivity contribution < 1.29 is 4.39 Å². The van der Waals surface area contributed by atoms with Gasteiger partial charge in [0.15, 0.2) is 0 Å². The number of hydrogen-bond acceptors (Lipinski definition) is 2. The molecule has 1 heterocycles. The maximum absolute atomic E-state index is 12.8. The van der Waals surface area contributed by atoms with E-state index in [9.17, 15) is 4.39 Å². The van der Waals surface area contributed by atoms with Gasteiger partial charge in [0.1, 0.15) is 10.2 Å². The second kappa shape index (κ2) is 6.84. The van der Waals surface area contributed by atoms with Crippen LogP contribution in [0, 0.1) is 5.82 Å². The van der Waals surface area contributed by atoms with Gasteiger partial charge in [-0.15, -0.1) is 11.3 Å². The van der Waals surface area contributed by atoms with Crippen molar-refractivity contribution in [3.8, 4) is 0 Å². The molecule has 0 aliphatic heterocycles. The van der Waals surface area contributed by atoms with E-state index in [1.165, 1.54) is 17.0 Å². The Morgan fingerprint density at radius 2 is 2.05 bits per heavy atom. The summed E-state index contributed by atoms with van der Waals surface area (Å²) in [7, 11) is 0. The van der Waals surface area contributed by atoms with E-state index < -0.39 is 0 Å². The van der Waals surface area contributed by atoms with Crippen LogP contribution in [0.25, 0.3) is 0 Å². The van der Waals surface area contributed by atoms with Crippen LogP contribution in [0.15, 0.2) is 34.8 Å². The summed E-state index contributed by atoms with van der Waals surface area (Å²) in [4.78, 5) is 1.20. The topological polar surface area (TPSA) is 12.0 Å². The number of nitrogens with one attached hydrogen (secondary N) is 1. The van der Waals surface area contributed by atoms with Crippen molar-refractivity contribution in [2.45, 2.75) is 25.9 Å². The van der Waals surface area contributed by atoms with Gasteiger partial charge in [0, 0.05) is 21.9 Å². The van der Waals surface area contributed by atoms with Crippen LogP contribution < -0.4 is 5.32 Å². The Morgan fingerprint density at radius 3 is 2.63 bits per heavy atom.